The van der Waals surface area contributed by atoms with Crippen molar-refractivity contribution < 1.29 is 19.0 Å². The summed E-state index contributed by atoms with van der Waals surface area (Å²) >= 11 is 0. The number of carbonyl (C=O) groups excluding carboxylic acids is 1. The van der Waals surface area contributed by atoms with Crippen molar-refractivity contribution in [2.75, 3.05) is 45.0 Å². The molecule has 0 heterocycles. The maximum Gasteiger partial charge on any atom is 0.307 e. The molecule has 0 bridgehead atoms. The number of nitrogens with two attached hydrogens (primary N) is 1. The Kier molecular flexibility index (Phi) is 6.52. The van der Waals surface area contributed by atoms with Gasteiger partial charge in [-0.25, -0.2) is 0 Å². The van der Waals surface area contributed by atoms with Gasteiger partial charge in [0.1, 0.15) is 12.4 Å². The number of anilines is 2. The summed E-state index contributed by atoms with van der Waals surface area (Å²) in [6, 6.07) is 5.28. The molecule has 0 amide bonds. The number of hydrogen-bond acceptors (Lipinski definition) is 6. The highest BCUT2D eigenvalue weighted by molar-refractivity contribution is 5.70. The van der Waals surface area contributed by atoms with E-state index in [1.54, 1.807) is 32.4 Å². The van der Waals surface area contributed by atoms with Gasteiger partial charge >= 0.3 is 5.97 Å². The summed E-state index contributed by atoms with van der Waals surface area (Å²) in [7, 11) is 3.14. The van der Waals surface area contributed by atoms with Gasteiger partial charge in [-0.15, -0.1) is 0 Å². The van der Waals surface area contributed by atoms with Crippen molar-refractivity contribution in [1.82, 2.24) is 0 Å². The minimum absolute atomic E-state index is 0.266. The molecular formula is C13H20N2O4. The molecule has 0 unspecified atom stereocenters. The molecule has 1 aromatic carbocycles. The average Bonchev–Trinajstić information content (AvgIpc) is 2.39. The zero-order valence-corrected chi connectivity index (χ0v) is 11.3. The van der Waals surface area contributed by atoms with Crippen molar-refractivity contribution in [2.24, 2.45) is 0 Å². The monoisotopic (exact) mass is 268 g/mol. The van der Waals surface area contributed by atoms with Gasteiger partial charge in [0.05, 0.1) is 25.8 Å². The van der Waals surface area contributed by atoms with Gasteiger partial charge in [0, 0.05) is 19.3 Å². The molecule has 3 N–H and O–H groups in total. The molecule has 0 aliphatic heterocycles. The number of rotatable bonds is 8. The third-order valence-electron chi connectivity index (χ3n) is 2.42. The molecule has 0 saturated heterocycles. The summed E-state index contributed by atoms with van der Waals surface area (Å²) < 4.78 is 14.9. The SMILES string of the molecule is COCCOC(=O)CCNc1cc(N)ccc1OC. The maximum atomic E-state index is 11.4. The first-order valence-electron chi connectivity index (χ1n) is 5.99. The van der Waals surface area contributed by atoms with E-state index in [0.29, 0.717) is 24.6 Å². The first kappa shape index (κ1) is 15.1. The minimum atomic E-state index is -0.271. The molecule has 1 rings (SSSR count). The fourth-order valence-electron chi connectivity index (χ4n) is 1.47. The maximum absolute atomic E-state index is 11.4. The molecule has 0 aliphatic rings. The van der Waals surface area contributed by atoms with E-state index in [-0.39, 0.29) is 19.0 Å². The van der Waals surface area contributed by atoms with Crippen LogP contribution in [0.25, 0.3) is 0 Å². The summed E-state index contributed by atoms with van der Waals surface area (Å²) in [4.78, 5) is 11.4. The number of nitrogen functional groups attached to an aromatic ring is 1. The van der Waals surface area contributed by atoms with Crippen LogP contribution in [0, 0.1) is 0 Å². The van der Waals surface area contributed by atoms with Crippen LogP contribution < -0.4 is 15.8 Å². The van der Waals surface area contributed by atoms with E-state index >= 15 is 0 Å². The van der Waals surface area contributed by atoms with Gasteiger partial charge in [0.2, 0.25) is 0 Å². The van der Waals surface area contributed by atoms with Crippen LogP contribution >= 0.6 is 0 Å². The highest BCUT2D eigenvalue weighted by Crippen LogP contribution is 2.26. The van der Waals surface area contributed by atoms with E-state index in [4.69, 9.17) is 19.9 Å². The van der Waals surface area contributed by atoms with Gasteiger partial charge in [0.25, 0.3) is 0 Å². The van der Waals surface area contributed by atoms with Gasteiger partial charge in [-0.05, 0) is 18.2 Å². The molecule has 106 valence electrons. The van der Waals surface area contributed by atoms with Crippen LogP contribution in [0.3, 0.4) is 0 Å². The number of hydrogen-bond donors (Lipinski definition) is 2. The summed E-state index contributed by atoms with van der Waals surface area (Å²) in [5.74, 6) is 0.411. The fraction of sp³-hybridized carbons (Fsp3) is 0.462. The molecule has 19 heavy (non-hydrogen) atoms. The average molecular weight is 268 g/mol. The van der Waals surface area contributed by atoms with Gasteiger partial charge in [-0.1, -0.05) is 0 Å². The van der Waals surface area contributed by atoms with Crippen molar-refractivity contribution in [1.29, 1.82) is 0 Å². The molecule has 0 saturated carbocycles. The number of ether oxygens (including phenoxy) is 3. The Bertz CT molecular complexity index is 410. The summed E-state index contributed by atoms with van der Waals surface area (Å²) in [6.45, 7) is 1.13. The third-order valence-corrected chi connectivity index (χ3v) is 2.42. The molecule has 6 heteroatoms. The largest absolute Gasteiger partial charge is 0.495 e. The van der Waals surface area contributed by atoms with Crippen molar-refractivity contribution in [2.45, 2.75) is 6.42 Å². The predicted molar refractivity (Wildman–Crippen MR) is 73.3 cm³/mol. The zero-order valence-electron chi connectivity index (χ0n) is 11.3. The van der Waals surface area contributed by atoms with Crippen LogP contribution in [0.2, 0.25) is 0 Å². The lowest BCUT2D eigenvalue weighted by atomic mass is 10.2. The molecule has 0 aliphatic carbocycles. The number of methoxy groups -OCH3 is 2. The molecule has 1 aromatic rings. The van der Waals surface area contributed by atoms with Crippen LogP contribution in [-0.2, 0) is 14.3 Å². The van der Waals surface area contributed by atoms with Crippen LogP contribution in [0.4, 0.5) is 11.4 Å². The molecule has 0 spiro atoms. The van der Waals surface area contributed by atoms with Gasteiger partial charge in [-0.2, -0.15) is 0 Å². The van der Waals surface area contributed by atoms with Crippen molar-refractivity contribution in [3.05, 3.63) is 18.2 Å². The van der Waals surface area contributed by atoms with Crippen molar-refractivity contribution in [3.63, 3.8) is 0 Å². The van der Waals surface area contributed by atoms with E-state index in [9.17, 15) is 4.79 Å². The van der Waals surface area contributed by atoms with Gasteiger partial charge < -0.3 is 25.3 Å². The quantitative estimate of drug-likeness (QED) is 0.420. The van der Waals surface area contributed by atoms with Crippen LogP contribution in [-0.4, -0.2) is 39.9 Å². The van der Waals surface area contributed by atoms with Gasteiger partial charge in [-0.3, -0.25) is 4.79 Å². The standard InChI is InChI=1S/C13H20N2O4/c1-17-7-8-19-13(16)5-6-15-11-9-10(14)3-4-12(11)18-2/h3-4,9,15H,5-8,14H2,1-2H3. The minimum Gasteiger partial charge on any atom is -0.495 e. The lowest BCUT2D eigenvalue weighted by Gasteiger charge is -2.11. The first-order chi connectivity index (χ1) is 9.17. The third kappa shape index (κ3) is 5.48. The second kappa shape index (κ2) is 8.20. The lowest BCUT2D eigenvalue weighted by Crippen LogP contribution is -2.14. The van der Waals surface area contributed by atoms with E-state index in [2.05, 4.69) is 5.32 Å². The Labute approximate surface area is 112 Å². The molecule has 0 fully saturated rings. The first-order valence-corrected chi connectivity index (χ1v) is 5.99. The van der Waals surface area contributed by atoms with E-state index < -0.39 is 0 Å². The highest BCUT2D eigenvalue weighted by atomic mass is 16.6. The van der Waals surface area contributed by atoms with E-state index in [1.165, 1.54) is 0 Å². The number of benzene rings is 1. The van der Waals surface area contributed by atoms with Crippen LogP contribution in [0.15, 0.2) is 18.2 Å². The molecule has 0 atom stereocenters. The normalized spacial score (nSPS) is 10.0. The van der Waals surface area contributed by atoms with E-state index in [1.807, 2.05) is 0 Å². The lowest BCUT2D eigenvalue weighted by molar-refractivity contribution is -0.144. The second-order valence-electron chi connectivity index (χ2n) is 3.85. The topological polar surface area (TPSA) is 82.8 Å². The Morgan fingerprint density at radius 2 is 2.11 bits per heavy atom. The molecule has 6 nitrogen and oxygen atoms in total. The Morgan fingerprint density at radius 3 is 2.79 bits per heavy atom. The van der Waals surface area contributed by atoms with E-state index in [0.717, 1.165) is 5.69 Å². The van der Waals surface area contributed by atoms with Crippen molar-refractivity contribution in [3.8, 4) is 5.75 Å². The summed E-state index contributed by atoms with van der Waals surface area (Å²) in [5.41, 5.74) is 7.08. The van der Waals surface area contributed by atoms with Gasteiger partial charge in [0.15, 0.2) is 0 Å². The smallest absolute Gasteiger partial charge is 0.307 e. The predicted octanol–water partition coefficient (Wildman–Crippen LogP) is 1.27. The van der Waals surface area contributed by atoms with Crippen molar-refractivity contribution >= 4 is 17.3 Å². The van der Waals surface area contributed by atoms with Crippen LogP contribution in [0.1, 0.15) is 6.42 Å². The Hall–Kier alpha value is -1.95. The zero-order chi connectivity index (χ0) is 14.1. The Balaban J connectivity index is 2.36. The van der Waals surface area contributed by atoms with Crippen LogP contribution in [0.5, 0.6) is 5.75 Å². The number of esters is 1. The molecular weight excluding hydrogens is 248 g/mol. The fourth-order valence-corrected chi connectivity index (χ4v) is 1.47. The highest BCUT2D eigenvalue weighted by Gasteiger charge is 2.05. The summed E-state index contributed by atoms with van der Waals surface area (Å²) in [5, 5.41) is 3.09. The second-order valence-corrected chi connectivity index (χ2v) is 3.85. The molecule has 0 aromatic heterocycles. The number of carbonyl (C=O) groups is 1. The molecule has 0 radical (unpaired) electrons. The Morgan fingerprint density at radius 1 is 1.32 bits per heavy atom. The number of nitrogens with one attached hydrogen (secondary N) is 1. The summed E-state index contributed by atoms with van der Waals surface area (Å²) in [6.07, 6.45) is 0.266.